The van der Waals surface area contributed by atoms with Crippen molar-refractivity contribution in [3.63, 3.8) is 0 Å². The van der Waals surface area contributed by atoms with Crippen LogP contribution in [0.1, 0.15) is 27.3 Å². The monoisotopic (exact) mass is 433 g/mol. The van der Waals surface area contributed by atoms with E-state index in [0.717, 1.165) is 66.3 Å². The number of benzene rings is 1. The Morgan fingerprint density at radius 3 is 2.75 bits per heavy atom. The number of hydrogen-bond acceptors (Lipinski definition) is 6. The maximum Gasteiger partial charge on any atom is 0.269 e. The number of aromatic nitrogens is 2. The lowest BCUT2D eigenvalue weighted by Crippen LogP contribution is -2.46. The van der Waals surface area contributed by atoms with Gasteiger partial charge in [-0.05, 0) is 36.8 Å². The maximum atomic E-state index is 12.3. The number of carbonyl (C=O) groups excluding carboxylic acids is 1. The summed E-state index contributed by atoms with van der Waals surface area (Å²) in [6.45, 7) is 7.01. The number of carbonyl (C=O) groups is 1. The lowest BCUT2D eigenvalue weighted by molar-refractivity contribution is 0.0958. The number of rotatable bonds is 4. The Morgan fingerprint density at radius 2 is 2.00 bits per heavy atom. The summed E-state index contributed by atoms with van der Waals surface area (Å²) in [5.74, 6) is 0.577. The molecule has 8 nitrogen and oxygen atoms in total. The van der Waals surface area contributed by atoms with Crippen LogP contribution in [-0.2, 0) is 13.0 Å². The quantitative estimate of drug-likeness (QED) is 0.653. The van der Waals surface area contributed by atoms with E-state index in [1.54, 1.807) is 13.1 Å². The summed E-state index contributed by atoms with van der Waals surface area (Å²) in [5, 5.41) is 3.59. The number of fused-ring (bicyclic) bond motifs is 3. The molecule has 0 saturated carbocycles. The fourth-order valence-corrected chi connectivity index (χ4v) is 4.65. The van der Waals surface area contributed by atoms with Gasteiger partial charge in [-0.3, -0.25) is 14.5 Å². The van der Waals surface area contributed by atoms with Gasteiger partial charge in [0.15, 0.2) is 0 Å². The number of nitrogens with zero attached hydrogens (tertiary/aromatic N) is 3. The van der Waals surface area contributed by atoms with E-state index >= 15 is 0 Å². The number of piperazine rings is 1. The van der Waals surface area contributed by atoms with Gasteiger partial charge in [-0.15, -0.1) is 0 Å². The van der Waals surface area contributed by atoms with Gasteiger partial charge in [0.05, 0.1) is 29.1 Å². The van der Waals surface area contributed by atoms with Crippen LogP contribution in [0.2, 0.25) is 0 Å². The molecule has 4 heterocycles. The number of ether oxygens (including phenoxy) is 1. The normalized spacial score (nSPS) is 16.1. The summed E-state index contributed by atoms with van der Waals surface area (Å²) in [6, 6.07) is 10.0. The summed E-state index contributed by atoms with van der Waals surface area (Å²) < 4.78 is 5.71. The highest BCUT2D eigenvalue weighted by Gasteiger charge is 2.22. The highest BCUT2D eigenvalue weighted by molar-refractivity contribution is 5.92. The van der Waals surface area contributed by atoms with E-state index in [2.05, 4.69) is 43.3 Å². The molecule has 0 bridgehead atoms. The Hall–Kier alpha value is -3.39. The topological polar surface area (TPSA) is 90.6 Å². The van der Waals surface area contributed by atoms with Gasteiger partial charge in [0.25, 0.3) is 11.5 Å². The first-order chi connectivity index (χ1) is 15.5. The molecule has 166 valence electrons. The average molecular weight is 434 g/mol. The molecule has 1 fully saturated rings. The zero-order chi connectivity index (χ0) is 22.2. The Balaban J connectivity index is 1.26. The van der Waals surface area contributed by atoms with Crippen LogP contribution >= 0.6 is 0 Å². The fraction of sp³-hybridized carbons (Fsp3) is 0.375. The van der Waals surface area contributed by atoms with Gasteiger partial charge in [0.2, 0.25) is 0 Å². The SMILES string of the molecule is CNC(=O)c1ccc(N2CCN(Cc3ccc4c5c(c(=O)[nH]c4c3)CCO5)CC2)c(C)n1. The van der Waals surface area contributed by atoms with E-state index in [4.69, 9.17) is 4.74 Å². The summed E-state index contributed by atoms with van der Waals surface area (Å²) in [5.41, 5.74) is 5.12. The Morgan fingerprint density at radius 1 is 1.19 bits per heavy atom. The second-order valence-corrected chi connectivity index (χ2v) is 8.38. The number of H-pyrrole nitrogens is 1. The van der Waals surface area contributed by atoms with E-state index in [0.29, 0.717) is 18.7 Å². The van der Waals surface area contributed by atoms with Crippen LogP contribution in [-0.4, -0.2) is 60.6 Å². The molecule has 2 N–H and O–H groups in total. The number of aromatic amines is 1. The third-order valence-corrected chi connectivity index (χ3v) is 6.36. The lowest BCUT2D eigenvalue weighted by atomic mass is 10.1. The number of aryl methyl sites for hydroxylation is 1. The van der Waals surface area contributed by atoms with Crippen LogP contribution in [0.4, 0.5) is 5.69 Å². The first kappa shape index (κ1) is 20.5. The smallest absolute Gasteiger partial charge is 0.269 e. The van der Waals surface area contributed by atoms with E-state index < -0.39 is 0 Å². The Bertz CT molecular complexity index is 1240. The first-order valence-corrected chi connectivity index (χ1v) is 11.0. The average Bonchev–Trinajstić information content (AvgIpc) is 3.30. The third kappa shape index (κ3) is 3.71. The molecule has 0 spiro atoms. The van der Waals surface area contributed by atoms with Crippen molar-refractivity contribution in [3.8, 4) is 5.75 Å². The largest absolute Gasteiger partial charge is 0.492 e. The minimum atomic E-state index is -0.169. The number of nitrogens with one attached hydrogen (secondary N) is 2. The van der Waals surface area contributed by atoms with Crippen molar-refractivity contribution in [2.75, 3.05) is 44.7 Å². The third-order valence-electron chi connectivity index (χ3n) is 6.36. The molecule has 2 aromatic heterocycles. The standard InChI is InChI=1S/C24H27N5O3/c1-15-21(6-5-19(26-15)24(31)25-2)29-10-8-28(9-11-29)14-16-3-4-17-20(13-16)27-23(30)18-7-12-32-22(17)18/h3-6,13H,7-12,14H2,1-2H3,(H,25,31)(H,27,30). The second-order valence-electron chi connectivity index (χ2n) is 8.38. The molecule has 0 radical (unpaired) electrons. The molecule has 8 heteroatoms. The maximum absolute atomic E-state index is 12.3. The van der Waals surface area contributed by atoms with Crippen LogP contribution in [0.3, 0.4) is 0 Å². The highest BCUT2D eigenvalue weighted by atomic mass is 16.5. The molecule has 0 unspecified atom stereocenters. The van der Waals surface area contributed by atoms with E-state index in [1.165, 1.54) is 5.56 Å². The molecule has 1 amide bonds. The van der Waals surface area contributed by atoms with E-state index in [1.807, 2.05) is 13.0 Å². The Labute approximate surface area is 186 Å². The predicted octanol–water partition coefficient (Wildman–Crippen LogP) is 1.85. The number of pyridine rings is 2. The molecule has 2 aliphatic heterocycles. The number of amides is 1. The van der Waals surface area contributed by atoms with Gasteiger partial charge in [-0.2, -0.15) is 0 Å². The number of hydrogen-bond donors (Lipinski definition) is 2. The van der Waals surface area contributed by atoms with Crippen molar-refractivity contribution in [2.24, 2.45) is 0 Å². The van der Waals surface area contributed by atoms with Crippen molar-refractivity contribution in [3.05, 3.63) is 63.2 Å². The molecule has 3 aromatic rings. The summed E-state index contributed by atoms with van der Waals surface area (Å²) in [4.78, 5) is 36.4. The molecule has 2 aliphatic rings. The van der Waals surface area contributed by atoms with Crippen molar-refractivity contribution < 1.29 is 9.53 Å². The zero-order valence-corrected chi connectivity index (χ0v) is 18.4. The van der Waals surface area contributed by atoms with Gasteiger partial charge >= 0.3 is 0 Å². The first-order valence-electron chi connectivity index (χ1n) is 11.0. The van der Waals surface area contributed by atoms with Crippen molar-refractivity contribution in [1.29, 1.82) is 0 Å². The van der Waals surface area contributed by atoms with Crippen LogP contribution in [0.15, 0.2) is 35.1 Å². The summed E-state index contributed by atoms with van der Waals surface area (Å²) in [7, 11) is 1.61. The molecule has 0 aliphatic carbocycles. The van der Waals surface area contributed by atoms with Gasteiger partial charge in [-0.1, -0.05) is 6.07 Å². The molecular formula is C24H27N5O3. The molecular weight excluding hydrogens is 406 g/mol. The fourth-order valence-electron chi connectivity index (χ4n) is 4.65. The summed E-state index contributed by atoms with van der Waals surface area (Å²) in [6.07, 6.45) is 0.677. The summed E-state index contributed by atoms with van der Waals surface area (Å²) >= 11 is 0. The van der Waals surface area contributed by atoms with Crippen molar-refractivity contribution >= 4 is 22.5 Å². The minimum Gasteiger partial charge on any atom is -0.492 e. The lowest BCUT2D eigenvalue weighted by Gasteiger charge is -2.36. The van der Waals surface area contributed by atoms with Crippen molar-refractivity contribution in [2.45, 2.75) is 19.9 Å². The van der Waals surface area contributed by atoms with Gasteiger partial charge in [0, 0.05) is 51.6 Å². The molecule has 1 saturated heterocycles. The Kier molecular flexibility index (Phi) is 5.30. The zero-order valence-electron chi connectivity index (χ0n) is 18.4. The van der Waals surface area contributed by atoms with E-state index in [-0.39, 0.29) is 11.5 Å². The van der Waals surface area contributed by atoms with Gasteiger partial charge in [-0.25, -0.2) is 4.98 Å². The predicted molar refractivity (Wildman–Crippen MR) is 124 cm³/mol. The molecule has 5 rings (SSSR count). The molecule has 32 heavy (non-hydrogen) atoms. The van der Waals surface area contributed by atoms with Gasteiger partial charge in [0.1, 0.15) is 11.4 Å². The van der Waals surface area contributed by atoms with Gasteiger partial charge < -0.3 is 19.9 Å². The van der Waals surface area contributed by atoms with E-state index in [9.17, 15) is 9.59 Å². The highest BCUT2D eigenvalue weighted by Crippen LogP contribution is 2.31. The van der Waals surface area contributed by atoms with Crippen LogP contribution in [0.25, 0.3) is 10.9 Å². The number of anilines is 1. The van der Waals surface area contributed by atoms with Crippen LogP contribution < -0.4 is 20.5 Å². The molecule has 1 aromatic carbocycles. The van der Waals surface area contributed by atoms with Crippen molar-refractivity contribution in [1.82, 2.24) is 20.2 Å². The second kappa shape index (κ2) is 8.27. The van der Waals surface area contributed by atoms with Crippen LogP contribution in [0, 0.1) is 6.92 Å². The minimum absolute atomic E-state index is 0.0396. The van der Waals surface area contributed by atoms with Crippen LogP contribution in [0.5, 0.6) is 5.75 Å². The molecule has 0 atom stereocenters.